The monoisotopic (exact) mass is 1240 g/mol. The first-order valence-electron chi connectivity index (χ1n) is 26.7. The highest BCUT2D eigenvalue weighted by molar-refractivity contribution is 5.34. The van der Waals surface area contributed by atoms with Crippen molar-refractivity contribution < 1.29 is 98.7 Å². The van der Waals surface area contributed by atoms with Crippen LogP contribution in [0.15, 0.2) is 48.5 Å². The van der Waals surface area contributed by atoms with Gasteiger partial charge in [0, 0.05) is 74.6 Å². The van der Waals surface area contributed by atoms with Gasteiger partial charge in [-0.1, -0.05) is 48.5 Å². The van der Waals surface area contributed by atoms with Crippen LogP contribution in [0.25, 0.3) is 0 Å². The van der Waals surface area contributed by atoms with Gasteiger partial charge >= 0.3 is 0 Å². The van der Waals surface area contributed by atoms with Gasteiger partial charge in [0.1, 0.15) is 0 Å². The first-order chi connectivity index (χ1) is 41.0. The van der Waals surface area contributed by atoms with Crippen molar-refractivity contribution in [1.29, 1.82) is 0 Å². The highest BCUT2D eigenvalue weighted by Gasteiger charge is 2.31. The summed E-state index contributed by atoms with van der Waals surface area (Å²) in [6.45, 7) is -5.84. The Balaban J connectivity index is 0.000000246. The molecule has 10 nitrogen and oxygen atoms in total. The molecule has 0 spiro atoms. The molecule has 14 rings (SSSR count). The largest absolute Gasteiger partial charge is 0.377 e. The van der Waals surface area contributed by atoms with E-state index in [1.165, 1.54) is 47.8 Å². The third-order valence-electron chi connectivity index (χ3n) is 13.8. The fourth-order valence-electron chi connectivity index (χ4n) is 9.53. The predicted molar refractivity (Wildman–Crippen MR) is 279 cm³/mol. The van der Waals surface area contributed by atoms with E-state index in [4.69, 9.17) is 28.4 Å². The Kier molecular flexibility index (Phi) is 24.4. The lowest BCUT2D eigenvalue weighted by molar-refractivity contribution is 0.00496. The smallest absolute Gasteiger partial charge is 0.167 e. The van der Waals surface area contributed by atoms with Crippen molar-refractivity contribution in [3.63, 3.8) is 0 Å². The van der Waals surface area contributed by atoms with Gasteiger partial charge in [-0.2, -0.15) is 0 Å². The van der Waals surface area contributed by atoms with Crippen LogP contribution in [0.1, 0.15) is 66.8 Å². The average molecular weight is 1240 g/mol. The van der Waals surface area contributed by atoms with Crippen molar-refractivity contribution >= 4 is 0 Å². The summed E-state index contributed by atoms with van der Waals surface area (Å²) < 4.78 is 267. The third-order valence-corrected chi connectivity index (χ3v) is 13.8. The van der Waals surface area contributed by atoms with Gasteiger partial charge in [0.2, 0.25) is 0 Å². The predicted octanol–water partition coefficient (Wildman–Crippen LogP) is 12.3. The fraction of sp³-hybridized carbons (Fsp3) is 0.400. The molecule has 8 aliphatic heterocycles. The molecule has 0 fully saturated rings. The van der Waals surface area contributed by atoms with E-state index in [1.54, 1.807) is 48.5 Å². The number of hydrogen-bond donors (Lipinski definition) is 0. The van der Waals surface area contributed by atoms with Crippen molar-refractivity contribution in [2.45, 2.75) is 78.8 Å². The standard InChI is InChI=1S/2C30H30F8N2O3/c2*1-39-11-17-4-3-5-18(10-17)12-40(2)14-20-25(33)29(37)22(30(38)26(20)34)16-43-9-7-41-6-8-42-15-21-27(35)23(31)19(13-39)24(32)28(21)36/h2*3-5,10H,6-9,11-16H2,1-2H3. The quantitative estimate of drug-likeness (QED) is 0.109. The molecular weight excluding hydrogens is 1180 g/mol. The van der Waals surface area contributed by atoms with E-state index >= 15 is 0 Å². The summed E-state index contributed by atoms with van der Waals surface area (Å²) in [6, 6.07) is 13.6. The molecule has 0 unspecified atom stereocenters. The van der Waals surface area contributed by atoms with Gasteiger partial charge in [0.25, 0.3) is 0 Å². The topological polar surface area (TPSA) is 68.3 Å². The summed E-state index contributed by atoms with van der Waals surface area (Å²) >= 11 is 0. The molecule has 0 amide bonds. The van der Waals surface area contributed by atoms with E-state index in [0.29, 0.717) is 22.3 Å². The summed E-state index contributed by atoms with van der Waals surface area (Å²) in [5.74, 6) is -24.6. The summed E-state index contributed by atoms with van der Waals surface area (Å²) in [5.41, 5.74) is -4.12. The zero-order valence-electron chi connectivity index (χ0n) is 47.0. The molecule has 0 N–H and O–H groups in total. The molecule has 86 heavy (non-hydrogen) atoms. The van der Waals surface area contributed by atoms with Crippen LogP contribution >= 0.6 is 0 Å². The Hall–Kier alpha value is -6.20. The first kappa shape index (κ1) is 67.3. The molecule has 0 radical (unpaired) electrons. The molecule has 26 heteroatoms. The second-order valence-electron chi connectivity index (χ2n) is 20.6. The number of nitrogens with zero attached hydrogens (tertiary/aromatic N) is 4. The highest BCUT2D eigenvalue weighted by Crippen LogP contribution is 2.31. The van der Waals surface area contributed by atoms with E-state index < -0.39 is 190 Å². The maximum atomic E-state index is 14.8. The zero-order chi connectivity index (χ0) is 62.5. The van der Waals surface area contributed by atoms with Crippen LogP contribution in [-0.2, 0) is 107 Å². The maximum absolute atomic E-state index is 14.8. The van der Waals surface area contributed by atoms with Crippen LogP contribution < -0.4 is 0 Å². The van der Waals surface area contributed by atoms with Crippen LogP contribution in [0.2, 0.25) is 0 Å². The van der Waals surface area contributed by atoms with Gasteiger partial charge < -0.3 is 28.4 Å². The minimum Gasteiger partial charge on any atom is -0.377 e. The van der Waals surface area contributed by atoms with Gasteiger partial charge in [0.15, 0.2) is 93.1 Å². The van der Waals surface area contributed by atoms with Crippen molar-refractivity contribution in [2.75, 3.05) is 81.0 Å². The minimum absolute atomic E-state index is 0.119. The van der Waals surface area contributed by atoms with E-state index in [2.05, 4.69) is 0 Å². The van der Waals surface area contributed by atoms with E-state index in [-0.39, 0.29) is 79.0 Å². The summed E-state index contributed by atoms with van der Waals surface area (Å²) in [7, 11) is 6.01. The third kappa shape index (κ3) is 16.7. The SMILES string of the molecule is CN1Cc2cccc(c2)CN(C)Cc2c(F)c(F)c(c(F)c2F)COCCOCCOCc2c(F)c(F)c(c(F)c2F)C1.CN1Cc2cccc(c2)CN(C)Cc2c(F)c(F)c(c(F)c2F)COCCOCCOCc2c(F)c(F)c(c(F)c2F)C1. The molecule has 468 valence electrons. The molecule has 8 heterocycles. The van der Waals surface area contributed by atoms with Gasteiger partial charge in [-0.25, -0.2) is 70.2 Å². The molecule has 0 atom stereocenters. The van der Waals surface area contributed by atoms with Crippen molar-refractivity contribution in [1.82, 2.24) is 19.6 Å². The summed E-state index contributed by atoms with van der Waals surface area (Å²) in [4.78, 5) is 5.79. The van der Waals surface area contributed by atoms with Gasteiger partial charge in [-0.3, -0.25) is 19.6 Å². The molecule has 0 saturated heterocycles. The number of halogens is 16. The van der Waals surface area contributed by atoms with Crippen molar-refractivity contribution in [3.8, 4) is 0 Å². The maximum Gasteiger partial charge on any atom is 0.167 e. The van der Waals surface area contributed by atoms with Crippen LogP contribution in [0.5, 0.6) is 0 Å². The van der Waals surface area contributed by atoms with Crippen LogP contribution in [0.3, 0.4) is 0 Å². The van der Waals surface area contributed by atoms with Gasteiger partial charge in [-0.05, 0) is 50.4 Å². The van der Waals surface area contributed by atoms with Crippen LogP contribution in [-0.4, -0.2) is 101 Å². The van der Waals surface area contributed by atoms with Gasteiger partial charge in [-0.15, -0.1) is 0 Å². The fourth-order valence-corrected chi connectivity index (χ4v) is 9.53. The Morgan fingerprint density at radius 1 is 0.233 bits per heavy atom. The molecule has 6 aromatic carbocycles. The zero-order valence-corrected chi connectivity index (χ0v) is 47.0. The minimum atomic E-state index is -1.55. The summed E-state index contributed by atoms with van der Waals surface area (Å²) in [6.07, 6.45) is 0. The highest BCUT2D eigenvalue weighted by atomic mass is 19.2. The second-order valence-corrected chi connectivity index (χ2v) is 20.6. The van der Waals surface area contributed by atoms with E-state index in [1.807, 2.05) is 0 Å². The Morgan fingerprint density at radius 3 is 0.581 bits per heavy atom. The lowest BCUT2D eigenvalue weighted by atomic mass is 10.1. The van der Waals surface area contributed by atoms with Crippen LogP contribution in [0.4, 0.5) is 70.2 Å². The second kappa shape index (κ2) is 31.1. The molecule has 0 saturated carbocycles. The number of benzene rings is 6. The molecule has 8 aliphatic rings. The normalized spacial score (nSPS) is 17.1. The lowest BCUT2D eigenvalue weighted by Gasteiger charge is -2.21. The Labute approximate surface area is 485 Å². The number of ether oxygens (including phenoxy) is 6. The Morgan fingerprint density at radius 2 is 0.395 bits per heavy atom. The molecular formula is C60H60F16N4O6. The van der Waals surface area contributed by atoms with E-state index in [0.717, 1.165) is 0 Å². The van der Waals surface area contributed by atoms with E-state index in [9.17, 15) is 70.2 Å². The molecule has 0 aromatic heterocycles. The number of rotatable bonds is 0. The van der Waals surface area contributed by atoms with Gasteiger partial charge in [0.05, 0.1) is 102 Å². The first-order valence-corrected chi connectivity index (χ1v) is 26.7. The number of hydrogen-bond acceptors (Lipinski definition) is 10. The lowest BCUT2D eigenvalue weighted by Crippen LogP contribution is -2.22. The van der Waals surface area contributed by atoms with Crippen molar-refractivity contribution in [3.05, 3.63) is 208 Å². The van der Waals surface area contributed by atoms with Crippen molar-refractivity contribution in [2.24, 2.45) is 0 Å². The summed E-state index contributed by atoms with van der Waals surface area (Å²) in [5, 5.41) is 0. The van der Waals surface area contributed by atoms with Crippen LogP contribution in [0, 0.1) is 93.1 Å². The molecule has 0 aliphatic carbocycles. The average Bonchev–Trinajstić information content (AvgIpc) is 1.64. The Bertz CT molecular complexity index is 2810. The molecule has 6 aromatic rings. The molecule has 12 bridgehead atoms.